The number of piperazine rings is 1. The number of likely N-dealkylation sites (N-methyl/N-ethyl adjacent to an activating group) is 1. The molecule has 1 aromatic rings. The number of ketones is 1. The maximum atomic E-state index is 12.3. The monoisotopic (exact) mass is 356 g/mol. The maximum absolute atomic E-state index is 12.3. The number of Topliss-reactive ketones (excluding diaryl/α,β-unsaturated/α-hetero) is 1. The van der Waals surface area contributed by atoms with Crippen LogP contribution < -0.4 is 4.90 Å². The lowest BCUT2D eigenvalue weighted by Crippen LogP contribution is -2.52. The van der Waals surface area contributed by atoms with E-state index in [2.05, 4.69) is 27.9 Å². The molecule has 1 aliphatic carbocycles. The highest BCUT2D eigenvalue weighted by Gasteiger charge is 2.39. The maximum Gasteiger partial charge on any atom is 0.138 e. The standard InChI is InChI=1S/C21H32N4O/c1-14(2)20(26)15-4-6-16(7-5-15)21-22-11-10-19(23-21)25-17-8-9-18(25)13-24(3)12-17/h10-11,14-18H,4-9,12-13H2,1-3H3/t15-,16-,17?,18?. The number of anilines is 1. The smallest absolute Gasteiger partial charge is 0.138 e. The van der Waals surface area contributed by atoms with Gasteiger partial charge in [-0.25, -0.2) is 9.97 Å². The predicted octanol–water partition coefficient (Wildman–Crippen LogP) is 3.26. The van der Waals surface area contributed by atoms with Crippen molar-refractivity contribution in [1.82, 2.24) is 14.9 Å². The molecule has 0 N–H and O–H groups in total. The van der Waals surface area contributed by atoms with E-state index in [0.717, 1.165) is 50.4 Å². The van der Waals surface area contributed by atoms with Gasteiger partial charge in [0.25, 0.3) is 0 Å². The molecule has 3 heterocycles. The molecular formula is C21H32N4O. The normalized spacial score (nSPS) is 32.2. The van der Waals surface area contributed by atoms with E-state index >= 15 is 0 Å². The number of fused-ring (bicyclic) bond motifs is 2. The quantitative estimate of drug-likeness (QED) is 0.829. The van der Waals surface area contributed by atoms with Crippen molar-refractivity contribution in [2.75, 3.05) is 25.0 Å². The van der Waals surface area contributed by atoms with Crippen LogP contribution in [0.4, 0.5) is 5.82 Å². The van der Waals surface area contributed by atoms with E-state index < -0.39 is 0 Å². The molecule has 2 atom stereocenters. The van der Waals surface area contributed by atoms with E-state index in [1.54, 1.807) is 0 Å². The van der Waals surface area contributed by atoms with Crippen LogP contribution in [0.1, 0.15) is 64.1 Å². The average Bonchev–Trinajstić information content (AvgIpc) is 2.92. The van der Waals surface area contributed by atoms with Crippen molar-refractivity contribution in [3.05, 3.63) is 18.1 Å². The lowest BCUT2D eigenvalue weighted by molar-refractivity contribution is -0.126. The van der Waals surface area contributed by atoms with Gasteiger partial charge in [-0.15, -0.1) is 0 Å². The van der Waals surface area contributed by atoms with Crippen molar-refractivity contribution in [3.8, 4) is 0 Å². The van der Waals surface area contributed by atoms with Gasteiger partial charge in [-0.2, -0.15) is 0 Å². The molecule has 2 bridgehead atoms. The van der Waals surface area contributed by atoms with E-state index in [1.807, 2.05) is 20.0 Å². The van der Waals surface area contributed by atoms with Crippen molar-refractivity contribution in [3.63, 3.8) is 0 Å². The van der Waals surface area contributed by atoms with Crippen molar-refractivity contribution < 1.29 is 4.79 Å². The number of carbonyl (C=O) groups is 1. The van der Waals surface area contributed by atoms with Crippen LogP contribution in [0.15, 0.2) is 12.3 Å². The molecule has 142 valence electrons. The van der Waals surface area contributed by atoms with Gasteiger partial charge in [0.1, 0.15) is 17.4 Å². The van der Waals surface area contributed by atoms with Crippen LogP contribution in [0.2, 0.25) is 0 Å². The molecule has 3 fully saturated rings. The number of likely N-dealkylation sites (tertiary alicyclic amines) is 1. The molecule has 26 heavy (non-hydrogen) atoms. The van der Waals surface area contributed by atoms with Gasteiger partial charge in [0.05, 0.1) is 0 Å². The van der Waals surface area contributed by atoms with Gasteiger partial charge in [0.2, 0.25) is 0 Å². The Balaban J connectivity index is 1.45. The second-order valence-electron chi connectivity index (χ2n) is 8.89. The van der Waals surface area contributed by atoms with E-state index in [9.17, 15) is 4.79 Å². The second kappa shape index (κ2) is 7.26. The van der Waals surface area contributed by atoms with Crippen LogP contribution in [0.5, 0.6) is 0 Å². The fourth-order valence-electron chi connectivity index (χ4n) is 5.30. The summed E-state index contributed by atoms with van der Waals surface area (Å²) in [4.78, 5) is 26.9. The summed E-state index contributed by atoms with van der Waals surface area (Å²) in [5.74, 6) is 3.38. The van der Waals surface area contributed by atoms with Gasteiger partial charge < -0.3 is 9.80 Å². The van der Waals surface area contributed by atoms with Crippen LogP contribution in [0.25, 0.3) is 0 Å². The lowest BCUT2D eigenvalue weighted by atomic mass is 9.77. The van der Waals surface area contributed by atoms with Crippen molar-refractivity contribution in [2.45, 2.75) is 70.4 Å². The Morgan fingerprint density at radius 3 is 2.35 bits per heavy atom. The zero-order valence-corrected chi connectivity index (χ0v) is 16.4. The van der Waals surface area contributed by atoms with Crippen LogP contribution >= 0.6 is 0 Å². The van der Waals surface area contributed by atoms with Gasteiger partial charge in [-0.1, -0.05) is 13.8 Å². The first-order valence-electron chi connectivity index (χ1n) is 10.4. The van der Waals surface area contributed by atoms with Gasteiger partial charge in [0.15, 0.2) is 0 Å². The molecule has 2 aliphatic heterocycles. The minimum atomic E-state index is 0.156. The molecule has 0 aromatic carbocycles. The van der Waals surface area contributed by atoms with Gasteiger partial charge in [-0.05, 0) is 51.6 Å². The van der Waals surface area contributed by atoms with Crippen molar-refractivity contribution in [1.29, 1.82) is 0 Å². The Bertz CT molecular complexity index is 639. The Hall–Kier alpha value is -1.49. The summed E-state index contributed by atoms with van der Waals surface area (Å²) in [5.41, 5.74) is 0. The highest BCUT2D eigenvalue weighted by molar-refractivity contribution is 5.82. The molecule has 1 aromatic heterocycles. The Kier molecular flexibility index (Phi) is 5.00. The predicted molar refractivity (Wildman–Crippen MR) is 103 cm³/mol. The first-order chi connectivity index (χ1) is 12.5. The molecule has 0 radical (unpaired) electrons. The van der Waals surface area contributed by atoms with Crippen LogP contribution in [0, 0.1) is 11.8 Å². The third-order valence-electron chi connectivity index (χ3n) is 6.65. The fraction of sp³-hybridized carbons (Fsp3) is 0.762. The molecule has 5 heteroatoms. The first kappa shape index (κ1) is 17.9. The number of aromatic nitrogens is 2. The van der Waals surface area contributed by atoms with Gasteiger partial charge in [-0.3, -0.25) is 4.79 Å². The zero-order chi connectivity index (χ0) is 18.3. The summed E-state index contributed by atoms with van der Waals surface area (Å²) in [6, 6.07) is 3.29. The number of hydrogen-bond acceptors (Lipinski definition) is 5. The number of hydrogen-bond donors (Lipinski definition) is 0. The van der Waals surface area contributed by atoms with Crippen LogP contribution in [-0.4, -0.2) is 52.9 Å². The molecule has 4 rings (SSSR count). The fourth-order valence-corrected chi connectivity index (χ4v) is 5.30. The molecule has 5 nitrogen and oxygen atoms in total. The third kappa shape index (κ3) is 3.38. The van der Waals surface area contributed by atoms with E-state index in [4.69, 9.17) is 4.98 Å². The summed E-state index contributed by atoms with van der Waals surface area (Å²) in [6.07, 6.45) is 8.57. The highest BCUT2D eigenvalue weighted by Crippen LogP contribution is 2.37. The minimum Gasteiger partial charge on any atom is -0.348 e. The third-order valence-corrected chi connectivity index (χ3v) is 6.65. The van der Waals surface area contributed by atoms with E-state index in [-0.39, 0.29) is 11.8 Å². The number of carbonyl (C=O) groups excluding carboxylic acids is 1. The topological polar surface area (TPSA) is 49.3 Å². The summed E-state index contributed by atoms with van der Waals surface area (Å²) in [6.45, 7) is 6.31. The average molecular weight is 357 g/mol. The summed E-state index contributed by atoms with van der Waals surface area (Å²) >= 11 is 0. The Morgan fingerprint density at radius 2 is 1.73 bits per heavy atom. The summed E-state index contributed by atoms with van der Waals surface area (Å²) in [5, 5.41) is 0. The largest absolute Gasteiger partial charge is 0.348 e. The van der Waals surface area contributed by atoms with Crippen molar-refractivity contribution in [2.24, 2.45) is 11.8 Å². The molecule has 2 saturated heterocycles. The second-order valence-corrected chi connectivity index (χ2v) is 8.89. The van der Waals surface area contributed by atoms with E-state index in [0.29, 0.717) is 23.8 Å². The Morgan fingerprint density at radius 1 is 1.08 bits per heavy atom. The SMILES string of the molecule is CC(C)C(=O)[C@H]1CC[C@H](c2nccc(N3C4CCC3CN(C)C4)n2)CC1. The number of rotatable bonds is 4. The molecular weight excluding hydrogens is 324 g/mol. The first-order valence-corrected chi connectivity index (χ1v) is 10.4. The summed E-state index contributed by atoms with van der Waals surface area (Å²) < 4.78 is 0. The van der Waals surface area contributed by atoms with Gasteiger partial charge >= 0.3 is 0 Å². The molecule has 2 unspecified atom stereocenters. The lowest BCUT2D eigenvalue weighted by Gasteiger charge is -2.40. The molecule has 1 saturated carbocycles. The number of nitrogens with zero attached hydrogens (tertiary/aromatic N) is 4. The molecule has 0 amide bonds. The molecule has 3 aliphatic rings. The zero-order valence-electron chi connectivity index (χ0n) is 16.4. The Labute approximate surface area is 157 Å². The highest BCUT2D eigenvalue weighted by atomic mass is 16.1. The van der Waals surface area contributed by atoms with Crippen LogP contribution in [0.3, 0.4) is 0 Å². The van der Waals surface area contributed by atoms with Gasteiger partial charge in [0, 0.05) is 49.1 Å². The minimum absolute atomic E-state index is 0.156. The molecule has 0 spiro atoms. The van der Waals surface area contributed by atoms with Crippen molar-refractivity contribution >= 4 is 11.6 Å². The van der Waals surface area contributed by atoms with E-state index in [1.165, 1.54) is 12.8 Å². The summed E-state index contributed by atoms with van der Waals surface area (Å²) in [7, 11) is 2.23. The van der Waals surface area contributed by atoms with Crippen LogP contribution in [-0.2, 0) is 4.79 Å².